The number of ketones is 1. The molecule has 0 aliphatic carbocycles. The van der Waals surface area contributed by atoms with Crippen molar-refractivity contribution in [1.29, 1.82) is 0 Å². The fourth-order valence-corrected chi connectivity index (χ4v) is 5.05. The Balaban J connectivity index is 1.34. The molecule has 1 aromatic carbocycles. The van der Waals surface area contributed by atoms with Crippen LogP contribution >= 0.6 is 11.3 Å². The van der Waals surface area contributed by atoms with E-state index in [0.29, 0.717) is 23.9 Å². The number of aliphatic imine (C=N–C) groups is 1. The minimum atomic E-state index is -4.91. The van der Waals surface area contributed by atoms with Crippen LogP contribution in [0.3, 0.4) is 0 Å². The van der Waals surface area contributed by atoms with Crippen molar-refractivity contribution in [3.05, 3.63) is 40.9 Å². The number of aromatic nitrogens is 1. The number of β-lactam (4-membered cyclic amide) rings is 1. The highest BCUT2D eigenvalue weighted by Crippen LogP contribution is 2.40. The number of nitrogens with two attached hydrogens (primary N) is 2. The number of amidine groups is 1. The number of amides is 1. The van der Waals surface area contributed by atoms with E-state index in [4.69, 9.17) is 25.6 Å². The first kappa shape index (κ1) is 29.3. The molecule has 0 radical (unpaired) electrons. The molecule has 0 bridgehead atoms. The minimum absolute atomic E-state index is 0.00298. The Kier molecular flexibility index (Phi) is 8.69. The lowest BCUT2D eigenvalue weighted by Gasteiger charge is -2.50. The van der Waals surface area contributed by atoms with E-state index in [2.05, 4.69) is 24.7 Å². The van der Waals surface area contributed by atoms with Crippen LogP contribution in [0.25, 0.3) is 0 Å². The molecule has 6 N–H and O–H groups in total. The molecule has 17 heteroatoms. The highest BCUT2D eigenvalue weighted by atomic mass is 32.3. The molecule has 1 unspecified atom stereocenters. The van der Waals surface area contributed by atoms with Crippen LogP contribution in [0.4, 0.5) is 5.13 Å². The van der Waals surface area contributed by atoms with Crippen LogP contribution in [-0.4, -0.2) is 84.1 Å². The molecule has 3 heterocycles. The molecule has 1 aromatic heterocycles. The number of nitrogens with zero attached hydrogens (tertiary/aromatic N) is 4. The van der Waals surface area contributed by atoms with Crippen LogP contribution in [0, 0.1) is 5.92 Å². The van der Waals surface area contributed by atoms with Gasteiger partial charge in [-0.1, -0.05) is 5.16 Å². The fraction of sp³-hybridized carbons (Fsp3) is 0.435. The summed E-state index contributed by atoms with van der Waals surface area (Å²) in [6, 6.07) is 7.31. The van der Waals surface area contributed by atoms with Gasteiger partial charge in [-0.05, 0) is 38.1 Å². The second-order valence-corrected chi connectivity index (χ2v) is 11.4. The summed E-state index contributed by atoms with van der Waals surface area (Å²) in [7, 11) is -4.91. The van der Waals surface area contributed by atoms with E-state index >= 15 is 0 Å². The third-order valence-electron chi connectivity index (χ3n) is 6.20. The Hall–Kier alpha value is -3.64. The standard InChI is InChI=1S/C23H29N7O8S2/c1-23(2)16(21(32)30(23)38-40(33,34)35)9-18(31)19(17-12-39-22(25)28-17)29-37-8-7-36-15-5-3-13(4-6-15)20-26-10-14(24)11-27-20/h3-6,12,14,16H,7-11,24H2,1-2H3,(H2,25,28)(H,26,27)(H,33,34,35)/b29-19-/t16-/m1/s1. The third kappa shape index (κ3) is 6.92. The number of Topliss-reactive ketones (excluding diaryl/α,β-unsaturated/α-hetero) is 1. The zero-order chi connectivity index (χ0) is 29.1. The number of hydroxylamine groups is 2. The van der Waals surface area contributed by atoms with Gasteiger partial charge in [-0.2, -0.15) is 13.5 Å². The number of carbonyl (C=O) groups is 2. The van der Waals surface area contributed by atoms with Gasteiger partial charge in [-0.3, -0.25) is 19.1 Å². The van der Waals surface area contributed by atoms with Gasteiger partial charge < -0.3 is 26.4 Å². The Morgan fingerprint density at radius 3 is 2.60 bits per heavy atom. The summed E-state index contributed by atoms with van der Waals surface area (Å²) < 4.78 is 41.0. The number of thiazole rings is 1. The quantitative estimate of drug-likeness (QED) is 0.0845. The molecule has 2 aliphatic rings. The van der Waals surface area contributed by atoms with Crippen molar-refractivity contribution in [2.45, 2.75) is 31.8 Å². The zero-order valence-corrected chi connectivity index (χ0v) is 23.3. The first-order chi connectivity index (χ1) is 18.8. The van der Waals surface area contributed by atoms with E-state index in [0.717, 1.165) is 22.7 Å². The molecule has 1 saturated heterocycles. The average molecular weight is 596 g/mol. The highest BCUT2D eigenvalue weighted by molar-refractivity contribution is 7.80. The number of nitrogen functional groups attached to an aromatic ring is 1. The van der Waals surface area contributed by atoms with Crippen LogP contribution in [0.15, 0.2) is 39.8 Å². The Morgan fingerprint density at radius 2 is 2.02 bits per heavy atom. The molecule has 2 aliphatic heterocycles. The van der Waals surface area contributed by atoms with Gasteiger partial charge in [0.2, 0.25) is 0 Å². The maximum absolute atomic E-state index is 13.1. The number of benzene rings is 1. The number of carbonyl (C=O) groups excluding carboxylic acids is 2. The van der Waals surface area contributed by atoms with Gasteiger partial charge in [0, 0.05) is 30.0 Å². The van der Waals surface area contributed by atoms with Crippen LogP contribution < -0.4 is 21.5 Å². The predicted octanol–water partition coefficient (Wildman–Crippen LogP) is 0.133. The van der Waals surface area contributed by atoms with E-state index in [1.165, 1.54) is 19.2 Å². The molecular weight excluding hydrogens is 566 g/mol. The average Bonchev–Trinajstić information content (AvgIpc) is 3.33. The second kappa shape index (κ2) is 11.8. The number of anilines is 1. The lowest BCUT2D eigenvalue weighted by atomic mass is 9.74. The van der Waals surface area contributed by atoms with E-state index in [1.54, 1.807) is 12.1 Å². The van der Waals surface area contributed by atoms with E-state index < -0.39 is 33.5 Å². The summed E-state index contributed by atoms with van der Waals surface area (Å²) in [5.41, 5.74) is 11.3. The Labute approximate surface area is 234 Å². The number of hydrogen-bond acceptors (Lipinski definition) is 14. The molecule has 2 atom stereocenters. The third-order valence-corrected chi connectivity index (χ3v) is 7.22. The Bertz CT molecular complexity index is 1420. The van der Waals surface area contributed by atoms with Gasteiger partial charge >= 0.3 is 10.4 Å². The zero-order valence-electron chi connectivity index (χ0n) is 21.6. The number of oxime groups is 1. The van der Waals surface area contributed by atoms with Crippen molar-refractivity contribution < 1.29 is 36.4 Å². The smallest absolute Gasteiger partial charge is 0.418 e. The lowest BCUT2D eigenvalue weighted by Crippen LogP contribution is -2.68. The summed E-state index contributed by atoms with van der Waals surface area (Å²) >= 11 is 1.09. The number of ether oxygens (including phenoxy) is 1. The van der Waals surface area contributed by atoms with Crippen LogP contribution in [0.2, 0.25) is 0 Å². The molecular formula is C23H29N7O8S2. The second-order valence-electron chi connectivity index (χ2n) is 9.52. The normalized spacial score (nSPS) is 20.8. The monoisotopic (exact) mass is 595 g/mol. The Morgan fingerprint density at radius 1 is 1.30 bits per heavy atom. The van der Waals surface area contributed by atoms with Crippen molar-refractivity contribution in [2.75, 3.05) is 32.0 Å². The molecule has 1 amide bonds. The van der Waals surface area contributed by atoms with Crippen molar-refractivity contribution >= 4 is 50.1 Å². The van der Waals surface area contributed by atoms with E-state index in [1.807, 2.05) is 12.1 Å². The summed E-state index contributed by atoms with van der Waals surface area (Å²) in [5.74, 6) is -0.948. The van der Waals surface area contributed by atoms with E-state index in [-0.39, 0.29) is 42.2 Å². The lowest BCUT2D eigenvalue weighted by molar-refractivity contribution is -0.228. The molecule has 40 heavy (non-hydrogen) atoms. The van der Waals surface area contributed by atoms with Crippen LogP contribution in [0.1, 0.15) is 31.5 Å². The molecule has 2 aromatic rings. The highest BCUT2D eigenvalue weighted by Gasteiger charge is 2.57. The SMILES string of the molecule is CC1(C)[C@H](CC(=O)/C(=N\OCCOc2ccc(C3=NCC(N)CN3)cc2)c2csc(N)n2)C(=O)N1OS(=O)(=O)O. The van der Waals surface area contributed by atoms with Crippen molar-refractivity contribution in [3.8, 4) is 5.75 Å². The first-order valence-electron chi connectivity index (χ1n) is 12.1. The summed E-state index contributed by atoms with van der Waals surface area (Å²) in [6.07, 6.45) is -0.342. The minimum Gasteiger partial charge on any atom is -0.490 e. The molecule has 0 saturated carbocycles. The summed E-state index contributed by atoms with van der Waals surface area (Å²) in [6.45, 7) is 4.31. The summed E-state index contributed by atoms with van der Waals surface area (Å²) in [5, 5.41) is 9.35. The van der Waals surface area contributed by atoms with Crippen LogP contribution in [0.5, 0.6) is 5.75 Å². The molecule has 0 spiro atoms. The number of rotatable bonds is 12. The molecule has 1 fully saturated rings. The van der Waals surface area contributed by atoms with Gasteiger partial charge in [-0.15, -0.1) is 15.6 Å². The predicted molar refractivity (Wildman–Crippen MR) is 145 cm³/mol. The van der Waals surface area contributed by atoms with Crippen molar-refractivity contribution in [2.24, 2.45) is 21.8 Å². The molecule has 4 rings (SSSR count). The summed E-state index contributed by atoms with van der Waals surface area (Å²) in [4.78, 5) is 39.4. The maximum Gasteiger partial charge on any atom is 0.418 e. The molecule has 216 valence electrons. The van der Waals surface area contributed by atoms with Gasteiger partial charge in [0.05, 0.1) is 18.0 Å². The topological polar surface area (TPSA) is 221 Å². The van der Waals surface area contributed by atoms with Crippen molar-refractivity contribution in [1.82, 2.24) is 15.4 Å². The van der Waals surface area contributed by atoms with E-state index in [9.17, 15) is 18.0 Å². The largest absolute Gasteiger partial charge is 0.490 e. The molecule has 15 nitrogen and oxygen atoms in total. The fourth-order valence-electron chi connectivity index (χ4n) is 4.05. The first-order valence-corrected chi connectivity index (χ1v) is 14.3. The van der Waals surface area contributed by atoms with Gasteiger partial charge in [0.1, 0.15) is 23.9 Å². The maximum atomic E-state index is 13.1. The number of nitrogens with one attached hydrogen (secondary N) is 1. The van der Waals surface area contributed by atoms with Crippen LogP contribution in [-0.2, 0) is 29.1 Å². The van der Waals surface area contributed by atoms with Crippen molar-refractivity contribution in [3.63, 3.8) is 0 Å². The number of hydrogen-bond donors (Lipinski definition) is 4. The van der Waals surface area contributed by atoms with Gasteiger partial charge in [0.15, 0.2) is 23.2 Å². The van der Waals surface area contributed by atoms with Gasteiger partial charge in [0.25, 0.3) is 5.91 Å². The van der Waals surface area contributed by atoms with Gasteiger partial charge in [-0.25, -0.2) is 4.98 Å².